The van der Waals surface area contributed by atoms with Crippen LogP contribution < -0.4 is 10.6 Å². The molecule has 4 rings (SSSR count). The van der Waals surface area contributed by atoms with Crippen LogP contribution in [0.2, 0.25) is 0 Å². The van der Waals surface area contributed by atoms with Gasteiger partial charge in [0.1, 0.15) is 17.7 Å². The van der Waals surface area contributed by atoms with Crippen LogP contribution >= 0.6 is 11.3 Å². The molecule has 0 aliphatic carbocycles. The Morgan fingerprint density at radius 3 is 2.24 bits per heavy atom. The normalized spacial score (nSPS) is 11.9. The van der Waals surface area contributed by atoms with Gasteiger partial charge in [0.05, 0.1) is 17.3 Å². The second kappa shape index (κ2) is 9.79. The van der Waals surface area contributed by atoms with E-state index in [2.05, 4.69) is 34.6 Å². The summed E-state index contributed by atoms with van der Waals surface area (Å²) in [6.07, 6.45) is 3.11. The highest BCUT2D eigenvalue weighted by Crippen LogP contribution is 2.25. The second-order valence-corrected chi connectivity index (χ2v) is 8.94. The van der Waals surface area contributed by atoms with Gasteiger partial charge in [0.25, 0.3) is 11.8 Å². The predicted molar refractivity (Wildman–Crippen MR) is 130 cm³/mol. The van der Waals surface area contributed by atoms with Crippen LogP contribution in [-0.4, -0.2) is 26.6 Å². The van der Waals surface area contributed by atoms with Crippen molar-refractivity contribution in [1.82, 2.24) is 20.1 Å². The Hall–Kier alpha value is -3.78. The number of thiophene rings is 1. The maximum atomic E-state index is 12.9. The zero-order valence-corrected chi connectivity index (χ0v) is 19.5. The maximum absolute atomic E-state index is 12.9. The average Bonchev–Trinajstić information content (AvgIpc) is 3.51. The van der Waals surface area contributed by atoms with Gasteiger partial charge in [0, 0.05) is 5.56 Å². The van der Waals surface area contributed by atoms with Gasteiger partial charge < -0.3 is 10.6 Å². The van der Waals surface area contributed by atoms with E-state index in [9.17, 15) is 9.59 Å². The number of nitrogens with one attached hydrogen (secondary N) is 2. The number of nitrogens with zero attached hydrogens (tertiary/aromatic N) is 3. The molecule has 0 bridgehead atoms. The minimum Gasteiger partial charge on any atom is -0.345 e. The first kappa shape index (κ1) is 22.4. The third kappa shape index (κ3) is 5.18. The first-order valence-electron chi connectivity index (χ1n) is 10.7. The molecule has 8 heteroatoms. The van der Waals surface area contributed by atoms with E-state index in [1.165, 1.54) is 23.2 Å². The number of carbonyl (C=O) groups is 2. The summed E-state index contributed by atoms with van der Waals surface area (Å²) in [4.78, 5) is 29.6. The Morgan fingerprint density at radius 2 is 1.61 bits per heavy atom. The molecule has 0 spiro atoms. The van der Waals surface area contributed by atoms with Gasteiger partial charge in [-0.05, 0) is 59.7 Å². The Morgan fingerprint density at radius 1 is 0.909 bits per heavy atom. The van der Waals surface area contributed by atoms with E-state index in [1.807, 2.05) is 55.5 Å². The molecule has 2 aromatic heterocycles. The van der Waals surface area contributed by atoms with Crippen LogP contribution in [0.1, 0.15) is 64.6 Å². The van der Waals surface area contributed by atoms with E-state index in [0.29, 0.717) is 22.0 Å². The first-order chi connectivity index (χ1) is 15.9. The summed E-state index contributed by atoms with van der Waals surface area (Å²) in [6.45, 7) is 6.14. The van der Waals surface area contributed by atoms with Gasteiger partial charge in [-0.2, -0.15) is 5.10 Å². The van der Waals surface area contributed by atoms with Gasteiger partial charge in [0.2, 0.25) is 0 Å². The Balaban J connectivity index is 1.41. The van der Waals surface area contributed by atoms with Crippen molar-refractivity contribution in [3.8, 4) is 5.69 Å². The molecule has 1 atom stereocenters. The number of hydrogen-bond donors (Lipinski definition) is 2. The molecule has 2 aromatic carbocycles. The van der Waals surface area contributed by atoms with Crippen LogP contribution in [0.3, 0.4) is 0 Å². The third-order valence-electron chi connectivity index (χ3n) is 5.40. The van der Waals surface area contributed by atoms with Crippen LogP contribution in [0, 0.1) is 0 Å². The summed E-state index contributed by atoms with van der Waals surface area (Å²) < 4.78 is 1.67. The number of hydrogen-bond acceptors (Lipinski definition) is 5. The van der Waals surface area contributed by atoms with Crippen molar-refractivity contribution in [2.45, 2.75) is 32.7 Å². The fourth-order valence-electron chi connectivity index (χ4n) is 3.39. The zero-order valence-electron chi connectivity index (χ0n) is 18.6. The standard InChI is InChI=1S/C25H25N5O2S/c1-16(2)18-4-6-20(7-5-18)23(31)29-25-22(12-13-33-25)24(32)28-17(3)19-8-10-21(11-9-19)30-15-26-14-27-30/h4-17H,1-3H3,(H,28,32)(H,29,31). The number of aromatic nitrogens is 3. The summed E-state index contributed by atoms with van der Waals surface area (Å²) in [5, 5.41) is 12.3. The highest BCUT2D eigenvalue weighted by atomic mass is 32.1. The molecular formula is C25H25N5O2S. The molecule has 0 aliphatic rings. The van der Waals surface area contributed by atoms with Crippen molar-refractivity contribution in [2.75, 3.05) is 5.32 Å². The van der Waals surface area contributed by atoms with Crippen LogP contribution in [0.15, 0.2) is 72.6 Å². The zero-order chi connectivity index (χ0) is 23.4. The number of carbonyl (C=O) groups excluding carboxylic acids is 2. The Kier molecular flexibility index (Phi) is 6.65. The number of anilines is 1. The summed E-state index contributed by atoms with van der Waals surface area (Å²) in [7, 11) is 0. The van der Waals surface area contributed by atoms with Gasteiger partial charge in [0.15, 0.2) is 0 Å². The summed E-state index contributed by atoms with van der Waals surface area (Å²) in [5.41, 5.74) is 4.02. The number of amides is 2. The summed E-state index contributed by atoms with van der Waals surface area (Å²) >= 11 is 1.32. The molecular weight excluding hydrogens is 434 g/mol. The molecule has 168 valence electrons. The molecule has 0 saturated carbocycles. The topological polar surface area (TPSA) is 88.9 Å². The SMILES string of the molecule is CC(C)c1ccc(C(=O)Nc2sccc2C(=O)NC(C)c2ccc(-n3cncn3)cc2)cc1. The van der Waals surface area contributed by atoms with Crippen molar-refractivity contribution in [2.24, 2.45) is 0 Å². The van der Waals surface area contributed by atoms with Crippen molar-refractivity contribution in [3.05, 3.63) is 94.9 Å². The van der Waals surface area contributed by atoms with Crippen molar-refractivity contribution >= 4 is 28.2 Å². The van der Waals surface area contributed by atoms with Crippen LogP contribution in [0.5, 0.6) is 0 Å². The molecule has 0 fully saturated rings. The molecule has 33 heavy (non-hydrogen) atoms. The summed E-state index contributed by atoms with van der Waals surface area (Å²) in [6, 6.07) is 16.8. The van der Waals surface area contributed by atoms with E-state index in [1.54, 1.807) is 22.5 Å². The molecule has 7 nitrogen and oxygen atoms in total. The van der Waals surface area contributed by atoms with Crippen molar-refractivity contribution in [1.29, 1.82) is 0 Å². The molecule has 4 aromatic rings. The molecule has 0 saturated heterocycles. The highest BCUT2D eigenvalue weighted by Gasteiger charge is 2.18. The van der Waals surface area contributed by atoms with E-state index in [-0.39, 0.29) is 17.9 Å². The highest BCUT2D eigenvalue weighted by molar-refractivity contribution is 7.14. The van der Waals surface area contributed by atoms with Crippen LogP contribution in [0.25, 0.3) is 5.69 Å². The number of rotatable bonds is 7. The maximum Gasteiger partial charge on any atom is 0.256 e. The minimum atomic E-state index is -0.241. The van der Waals surface area contributed by atoms with Gasteiger partial charge in [-0.25, -0.2) is 9.67 Å². The fraction of sp³-hybridized carbons (Fsp3) is 0.200. The lowest BCUT2D eigenvalue weighted by Crippen LogP contribution is -2.27. The lowest BCUT2D eigenvalue weighted by atomic mass is 10.0. The summed E-state index contributed by atoms with van der Waals surface area (Å²) in [5.74, 6) is -0.0800. The van der Waals surface area contributed by atoms with Crippen LogP contribution in [-0.2, 0) is 0 Å². The van der Waals surface area contributed by atoms with Gasteiger partial charge in [-0.15, -0.1) is 11.3 Å². The molecule has 2 amide bonds. The van der Waals surface area contributed by atoms with E-state index in [0.717, 1.165) is 11.3 Å². The lowest BCUT2D eigenvalue weighted by molar-refractivity contribution is 0.0941. The van der Waals surface area contributed by atoms with Crippen molar-refractivity contribution in [3.63, 3.8) is 0 Å². The smallest absolute Gasteiger partial charge is 0.256 e. The average molecular weight is 460 g/mol. The van der Waals surface area contributed by atoms with Crippen molar-refractivity contribution < 1.29 is 9.59 Å². The fourth-order valence-corrected chi connectivity index (χ4v) is 4.17. The Labute approximate surface area is 196 Å². The second-order valence-electron chi connectivity index (χ2n) is 8.02. The minimum absolute atomic E-state index is 0.214. The monoisotopic (exact) mass is 459 g/mol. The molecule has 0 aliphatic heterocycles. The largest absolute Gasteiger partial charge is 0.345 e. The molecule has 2 N–H and O–H groups in total. The third-order valence-corrected chi connectivity index (χ3v) is 6.23. The predicted octanol–water partition coefficient (Wildman–Crippen LogP) is 5.20. The van der Waals surface area contributed by atoms with Gasteiger partial charge in [-0.1, -0.05) is 38.1 Å². The number of benzene rings is 2. The molecule has 0 radical (unpaired) electrons. The van der Waals surface area contributed by atoms with E-state index >= 15 is 0 Å². The lowest BCUT2D eigenvalue weighted by Gasteiger charge is -2.15. The van der Waals surface area contributed by atoms with Crippen LogP contribution in [0.4, 0.5) is 5.00 Å². The molecule has 2 heterocycles. The van der Waals surface area contributed by atoms with Gasteiger partial charge in [-0.3, -0.25) is 9.59 Å². The van der Waals surface area contributed by atoms with E-state index < -0.39 is 0 Å². The molecule has 1 unspecified atom stereocenters. The first-order valence-corrected chi connectivity index (χ1v) is 11.5. The van der Waals surface area contributed by atoms with E-state index in [4.69, 9.17) is 0 Å². The quantitative estimate of drug-likeness (QED) is 0.398. The Bertz CT molecular complexity index is 1230. The van der Waals surface area contributed by atoms with Gasteiger partial charge >= 0.3 is 0 Å².